The second-order valence-corrected chi connectivity index (χ2v) is 10.8. The molecule has 2 atom stereocenters. The largest absolute Gasteiger partial charge is 0.326 e. The molecule has 1 N–H and O–H groups in total. The number of rotatable bonds is 3. The van der Waals surface area contributed by atoms with Crippen LogP contribution in [0.15, 0.2) is 35.8 Å². The van der Waals surface area contributed by atoms with E-state index in [9.17, 15) is 4.79 Å². The molecule has 1 amide bonds. The lowest BCUT2D eigenvalue weighted by Gasteiger charge is -2.59. The molecule has 1 heterocycles. The summed E-state index contributed by atoms with van der Waals surface area (Å²) in [5, 5.41) is 6.20. The summed E-state index contributed by atoms with van der Waals surface area (Å²) in [7, 11) is 0. The van der Waals surface area contributed by atoms with E-state index in [1.807, 2.05) is 35.8 Å². The van der Waals surface area contributed by atoms with Crippen LogP contribution in [0.1, 0.15) is 38.5 Å². The summed E-state index contributed by atoms with van der Waals surface area (Å²) >= 11 is 5.62. The number of carbonyl (C=O) groups is 1. The number of carbonyl (C=O) groups excluding carboxylic acids is 1. The SMILES string of the molecule is O=C(Nc1cccc(-c2nccs2)c1)C12CC3CC(CC(Br)(C3)C1)C2. The van der Waals surface area contributed by atoms with Gasteiger partial charge in [0.15, 0.2) is 0 Å². The number of halogens is 1. The fourth-order valence-electron chi connectivity index (χ4n) is 5.78. The monoisotopic (exact) mass is 416 g/mol. The van der Waals surface area contributed by atoms with Gasteiger partial charge in [-0.05, 0) is 62.5 Å². The molecule has 5 heteroatoms. The van der Waals surface area contributed by atoms with Crippen LogP contribution in [0.25, 0.3) is 10.6 Å². The normalized spacial score (nSPS) is 35.7. The highest BCUT2D eigenvalue weighted by Crippen LogP contribution is 2.64. The molecule has 4 aliphatic carbocycles. The molecule has 0 saturated heterocycles. The van der Waals surface area contributed by atoms with Gasteiger partial charge in [0, 0.05) is 27.2 Å². The van der Waals surface area contributed by atoms with Crippen LogP contribution in [-0.2, 0) is 4.79 Å². The first-order valence-corrected chi connectivity index (χ1v) is 10.7. The Balaban J connectivity index is 1.40. The smallest absolute Gasteiger partial charge is 0.230 e. The average Bonchev–Trinajstić information content (AvgIpc) is 3.07. The zero-order chi connectivity index (χ0) is 17.1. The minimum absolute atomic E-state index is 0.176. The molecule has 3 nitrogen and oxygen atoms in total. The lowest BCUT2D eigenvalue weighted by molar-refractivity contribution is -0.138. The molecule has 2 aromatic rings. The highest BCUT2D eigenvalue weighted by Gasteiger charge is 2.59. The van der Waals surface area contributed by atoms with Crippen LogP contribution in [0.2, 0.25) is 0 Å². The number of hydrogen-bond acceptors (Lipinski definition) is 3. The summed E-state index contributed by atoms with van der Waals surface area (Å²) in [6, 6.07) is 8.07. The molecule has 1 aromatic heterocycles. The minimum Gasteiger partial charge on any atom is -0.326 e. The molecule has 0 radical (unpaired) electrons. The fraction of sp³-hybridized carbons (Fsp3) is 0.500. The highest BCUT2D eigenvalue weighted by molar-refractivity contribution is 9.10. The van der Waals surface area contributed by atoms with Crippen LogP contribution >= 0.6 is 27.3 Å². The molecule has 4 aliphatic rings. The summed E-state index contributed by atoms with van der Waals surface area (Å²) in [6.45, 7) is 0. The summed E-state index contributed by atoms with van der Waals surface area (Å²) in [6.07, 6.45) is 8.75. The quantitative estimate of drug-likeness (QED) is 0.672. The summed E-state index contributed by atoms with van der Waals surface area (Å²) in [4.78, 5) is 17.6. The van der Waals surface area contributed by atoms with E-state index in [0.29, 0.717) is 11.8 Å². The van der Waals surface area contributed by atoms with E-state index in [1.54, 1.807) is 11.3 Å². The van der Waals surface area contributed by atoms with Crippen LogP contribution in [0.3, 0.4) is 0 Å². The molecule has 4 bridgehead atoms. The van der Waals surface area contributed by atoms with E-state index in [0.717, 1.165) is 35.5 Å². The Hall–Kier alpha value is -1.20. The Morgan fingerprint density at radius 3 is 2.72 bits per heavy atom. The molecule has 4 fully saturated rings. The maximum atomic E-state index is 13.3. The first kappa shape index (κ1) is 16.0. The van der Waals surface area contributed by atoms with E-state index in [4.69, 9.17) is 0 Å². The molecule has 2 unspecified atom stereocenters. The third-order valence-electron chi connectivity index (χ3n) is 6.27. The maximum Gasteiger partial charge on any atom is 0.230 e. The van der Waals surface area contributed by atoms with Crippen molar-refractivity contribution in [3.63, 3.8) is 0 Å². The topological polar surface area (TPSA) is 42.0 Å². The number of hydrogen-bond donors (Lipinski definition) is 1. The molecule has 130 valence electrons. The minimum atomic E-state index is -0.176. The summed E-state index contributed by atoms with van der Waals surface area (Å²) < 4.78 is 0.206. The molecule has 6 rings (SSSR count). The molecule has 25 heavy (non-hydrogen) atoms. The number of nitrogens with zero attached hydrogens (tertiary/aromatic N) is 1. The standard InChI is InChI=1S/C20H21BrN2OS/c21-20-10-13-6-14(11-20)9-19(8-13,12-20)18(24)23-16-3-1-2-15(7-16)17-22-4-5-25-17/h1-5,7,13-14H,6,8-12H2,(H,23,24). The van der Waals surface area contributed by atoms with Gasteiger partial charge in [0.25, 0.3) is 0 Å². The molecule has 4 saturated carbocycles. The van der Waals surface area contributed by atoms with Gasteiger partial charge in [-0.1, -0.05) is 28.1 Å². The summed E-state index contributed by atoms with van der Waals surface area (Å²) in [5.41, 5.74) is 1.78. The van der Waals surface area contributed by atoms with Crippen LogP contribution in [0.5, 0.6) is 0 Å². The van der Waals surface area contributed by atoms with E-state index < -0.39 is 0 Å². The van der Waals surface area contributed by atoms with Crippen LogP contribution in [0.4, 0.5) is 5.69 Å². The van der Waals surface area contributed by atoms with Gasteiger partial charge in [0.05, 0.1) is 5.41 Å². The predicted octanol–water partition coefficient (Wildman–Crippen LogP) is 5.48. The van der Waals surface area contributed by atoms with Crippen molar-refractivity contribution in [2.75, 3.05) is 5.32 Å². The Morgan fingerprint density at radius 1 is 1.24 bits per heavy atom. The first-order valence-electron chi connectivity index (χ1n) is 9.04. The number of benzene rings is 1. The van der Waals surface area contributed by atoms with Crippen molar-refractivity contribution in [1.29, 1.82) is 0 Å². The first-order chi connectivity index (χ1) is 12.0. The van der Waals surface area contributed by atoms with Crippen molar-refractivity contribution in [3.8, 4) is 10.6 Å². The van der Waals surface area contributed by atoms with Crippen LogP contribution in [-0.4, -0.2) is 15.2 Å². The second kappa shape index (κ2) is 5.65. The van der Waals surface area contributed by atoms with Gasteiger partial charge < -0.3 is 5.32 Å². The van der Waals surface area contributed by atoms with Crippen molar-refractivity contribution < 1.29 is 4.79 Å². The highest BCUT2D eigenvalue weighted by atomic mass is 79.9. The van der Waals surface area contributed by atoms with E-state index in [1.165, 1.54) is 19.3 Å². The molecular weight excluding hydrogens is 396 g/mol. The second-order valence-electron chi connectivity index (χ2n) is 8.26. The Bertz CT molecular complexity index is 805. The third-order valence-corrected chi connectivity index (χ3v) is 8.02. The van der Waals surface area contributed by atoms with Gasteiger partial charge in [-0.15, -0.1) is 11.3 Å². The lowest BCUT2D eigenvalue weighted by Crippen LogP contribution is -2.57. The van der Waals surface area contributed by atoms with Gasteiger partial charge in [-0.3, -0.25) is 4.79 Å². The third kappa shape index (κ3) is 2.76. The number of anilines is 1. The molecular formula is C20H21BrN2OS. The van der Waals surface area contributed by atoms with Crippen LogP contribution < -0.4 is 5.32 Å². The molecule has 0 spiro atoms. The lowest BCUT2D eigenvalue weighted by atomic mass is 9.49. The fourth-order valence-corrected chi connectivity index (χ4v) is 7.86. The number of aromatic nitrogens is 1. The number of amides is 1. The van der Waals surface area contributed by atoms with Crippen LogP contribution in [0, 0.1) is 17.3 Å². The van der Waals surface area contributed by atoms with E-state index in [-0.39, 0.29) is 15.6 Å². The van der Waals surface area contributed by atoms with Crippen molar-refractivity contribution in [1.82, 2.24) is 4.98 Å². The zero-order valence-electron chi connectivity index (χ0n) is 14.0. The summed E-state index contributed by atoms with van der Waals surface area (Å²) in [5.74, 6) is 1.66. The molecule has 0 aliphatic heterocycles. The van der Waals surface area contributed by atoms with Gasteiger partial charge in [-0.25, -0.2) is 4.98 Å². The van der Waals surface area contributed by atoms with Crippen molar-refractivity contribution in [2.45, 2.75) is 42.8 Å². The van der Waals surface area contributed by atoms with E-state index >= 15 is 0 Å². The van der Waals surface area contributed by atoms with Crippen molar-refractivity contribution in [2.24, 2.45) is 17.3 Å². The maximum absolute atomic E-state index is 13.3. The number of nitrogens with one attached hydrogen (secondary N) is 1. The van der Waals surface area contributed by atoms with Gasteiger partial charge in [-0.2, -0.15) is 0 Å². The number of thiazole rings is 1. The Labute approximate surface area is 160 Å². The van der Waals surface area contributed by atoms with Crippen molar-refractivity contribution in [3.05, 3.63) is 35.8 Å². The van der Waals surface area contributed by atoms with E-state index in [2.05, 4.69) is 26.2 Å². The molecule has 1 aromatic carbocycles. The Kier molecular flexibility index (Phi) is 3.62. The van der Waals surface area contributed by atoms with Gasteiger partial charge in [0.2, 0.25) is 5.91 Å². The zero-order valence-corrected chi connectivity index (χ0v) is 16.4. The Morgan fingerprint density at radius 2 is 2.04 bits per heavy atom. The van der Waals surface area contributed by atoms with Crippen molar-refractivity contribution >= 4 is 38.9 Å². The predicted molar refractivity (Wildman–Crippen MR) is 105 cm³/mol. The number of alkyl halides is 1. The van der Waals surface area contributed by atoms with Gasteiger partial charge in [0.1, 0.15) is 5.01 Å². The average molecular weight is 417 g/mol. The van der Waals surface area contributed by atoms with Gasteiger partial charge >= 0.3 is 0 Å².